The third-order valence-electron chi connectivity index (χ3n) is 5.97. The predicted molar refractivity (Wildman–Crippen MR) is 153 cm³/mol. The normalized spacial score (nSPS) is 12.2. The van der Waals surface area contributed by atoms with Gasteiger partial charge in [0.2, 0.25) is 21.8 Å². The van der Waals surface area contributed by atoms with Gasteiger partial charge in [0, 0.05) is 41.7 Å². The number of nitrogens with zero attached hydrogens (tertiary/aromatic N) is 2. The van der Waals surface area contributed by atoms with Gasteiger partial charge in [-0.25, -0.2) is 8.42 Å². The molecule has 11 heteroatoms. The number of rotatable bonds is 14. The summed E-state index contributed by atoms with van der Waals surface area (Å²) in [7, 11) is -2.07. The standard InChI is InChI=1S/C27H37Cl2N3O5S/c1-6-25(27(34)30-17-19(2)3)31(18-22-23(28)9-7-10-24(22)29)26(33)11-8-16-32(38(5,35)36)20-12-14-21(37-4)15-13-20/h7,9-10,12-15,19,25H,6,8,11,16-18H2,1-5H3,(H,30,34). The average molecular weight is 587 g/mol. The summed E-state index contributed by atoms with van der Waals surface area (Å²) in [5, 5.41) is 3.71. The SMILES string of the molecule is CCC(C(=O)NCC(C)C)N(Cc1c(Cl)cccc1Cl)C(=O)CCCN(c1ccc(OC)cc1)S(C)(=O)=O. The second-order valence-corrected chi connectivity index (χ2v) is 12.1. The summed E-state index contributed by atoms with van der Waals surface area (Å²) in [5.41, 5.74) is 1.02. The second kappa shape index (κ2) is 14.6. The van der Waals surface area contributed by atoms with E-state index in [0.717, 1.165) is 6.26 Å². The van der Waals surface area contributed by atoms with E-state index in [-0.39, 0.29) is 43.7 Å². The molecule has 2 aromatic rings. The number of amides is 2. The smallest absolute Gasteiger partial charge is 0.242 e. The zero-order valence-corrected chi connectivity index (χ0v) is 24.9. The van der Waals surface area contributed by atoms with Gasteiger partial charge < -0.3 is 15.0 Å². The minimum absolute atomic E-state index is 0.0260. The first kappa shape index (κ1) is 31.7. The Balaban J connectivity index is 2.26. The number of carbonyl (C=O) groups excluding carboxylic acids is 2. The van der Waals surface area contributed by atoms with Crippen LogP contribution in [0, 0.1) is 5.92 Å². The highest BCUT2D eigenvalue weighted by molar-refractivity contribution is 7.92. The van der Waals surface area contributed by atoms with Crippen LogP contribution < -0.4 is 14.4 Å². The summed E-state index contributed by atoms with van der Waals surface area (Å²) in [6, 6.07) is 11.0. The van der Waals surface area contributed by atoms with Crippen LogP contribution >= 0.6 is 23.2 Å². The zero-order valence-electron chi connectivity index (χ0n) is 22.5. The summed E-state index contributed by atoms with van der Waals surface area (Å²) in [6.07, 6.45) is 1.78. The molecule has 1 N–H and O–H groups in total. The van der Waals surface area contributed by atoms with Crippen molar-refractivity contribution in [3.05, 3.63) is 58.1 Å². The number of nitrogens with one attached hydrogen (secondary N) is 1. The number of ether oxygens (including phenoxy) is 1. The van der Waals surface area contributed by atoms with Gasteiger partial charge in [0.25, 0.3) is 0 Å². The molecule has 38 heavy (non-hydrogen) atoms. The molecule has 0 spiro atoms. The summed E-state index contributed by atoms with van der Waals surface area (Å²) in [5.74, 6) is 0.301. The topological polar surface area (TPSA) is 96.0 Å². The van der Waals surface area contributed by atoms with Gasteiger partial charge in [-0.15, -0.1) is 0 Å². The molecule has 0 aliphatic carbocycles. The maximum Gasteiger partial charge on any atom is 0.242 e. The van der Waals surface area contributed by atoms with Gasteiger partial charge in [0.1, 0.15) is 11.8 Å². The van der Waals surface area contributed by atoms with E-state index in [1.54, 1.807) is 42.5 Å². The Kier molecular flexibility index (Phi) is 12.2. The van der Waals surface area contributed by atoms with Crippen LogP contribution in [-0.4, -0.2) is 57.6 Å². The van der Waals surface area contributed by atoms with Gasteiger partial charge >= 0.3 is 0 Å². The van der Waals surface area contributed by atoms with Crippen molar-refractivity contribution in [1.82, 2.24) is 10.2 Å². The summed E-state index contributed by atoms with van der Waals surface area (Å²) >= 11 is 12.8. The Hall–Kier alpha value is -2.49. The Labute approximate surface area is 236 Å². The predicted octanol–water partition coefficient (Wildman–Crippen LogP) is 5.13. The van der Waals surface area contributed by atoms with Crippen LogP contribution in [0.5, 0.6) is 5.75 Å². The number of carbonyl (C=O) groups is 2. The Morgan fingerprint density at radius 3 is 2.16 bits per heavy atom. The highest BCUT2D eigenvalue weighted by Gasteiger charge is 2.30. The van der Waals surface area contributed by atoms with Gasteiger partial charge in [-0.3, -0.25) is 13.9 Å². The van der Waals surface area contributed by atoms with E-state index in [9.17, 15) is 18.0 Å². The number of halogens is 2. The quantitative estimate of drug-likeness (QED) is 0.331. The van der Waals surface area contributed by atoms with E-state index in [1.165, 1.54) is 16.3 Å². The minimum Gasteiger partial charge on any atom is -0.497 e. The fraction of sp³-hybridized carbons (Fsp3) is 0.481. The van der Waals surface area contributed by atoms with Crippen molar-refractivity contribution in [2.75, 3.05) is 30.8 Å². The molecule has 0 radical (unpaired) electrons. The number of hydrogen-bond donors (Lipinski definition) is 1. The lowest BCUT2D eigenvalue weighted by molar-refractivity contribution is -0.141. The molecule has 8 nitrogen and oxygen atoms in total. The molecule has 2 rings (SSSR count). The van der Waals surface area contributed by atoms with Crippen molar-refractivity contribution < 1.29 is 22.7 Å². The highest BCUT2D eigenvalue weighted by atomic mass is 35.5. The summed E-state index contributed by atoms with van der Waals surface area (Å²) < 4.78 is 31.4. The Morgan fingerprint density at radius 2 is 1.66 bits per heavy atom. The first-order chi connectivity index (χ1) is 17.9. The lowest BCUT2D eigenvalue weighted by Crippen LogP contribution is -2.49. The van der Waals surface area contributed by atoms with Crippen molar-refractivity contribution >= 4 is 50.7 Å². The molecule has 0 aliphatic heterocycles. The molecule has 2 amide bonds. The van der Waals surface area contributed by atoms with Crippen molar-refractivity contribution in [2.45, 2.75) is 52.6 Å². The van der Waals surface area contributed by atoms with Crippen LogP contribution in [0.4, 0.5) is 5.69 Å². The first-order valence-corrected chi connectivity index (χ1v) is 15.1. The van der Waals surface area contributed by atoms with Gasteiger partial charge in [0.15, 0.2) is 0 Å². The summed E-state index contributed by atoms with van der Waals surface area (Å²) in [6.45, 7) is 6.44. The molecule has 1 atom stereocenters. The monoisotopic (exact) mass is 585 g/mol. The highest BCUT2D eigenvalue weighted by Crippen LogP contribution is 2.28. The van der Waals surface area contributed by atoms with Crippen molar-refractivity contribution in [3.63, 3.8) is 0 Å². The van der Waals surface area contributed by atoms with Gasteiger partial charge in [-0.1, -0.05) is 50.0 Å². The van der Waals surface area contributed by atoms with Crippen LogP contribution in [0.1, 0.15) is 45.6 Å². The maximum absolute atomic E-state index is 13.5. The van der Waals surface area contributed by atoms with Crippen molar-refractivity contribution in [1.29, 1.82) is 0 Å². The van der Waals surface area contributed by atoms with Gasteiger partial charge in [-0.05, 0) is 55.2 Å². The minimum atomic E-state index is -3.60. The third kappa shape index (κ3) is 9.06. The molecule has 0 saturated carbocycles. The van der Waals surface area contributed by atoms with Crippen LogP contribution in [-0.2, 0) is 26.2 Å². The van der Waals surface area contributed by atoms with Crippen LogP contribution in [0.2, 0.25) is 10.0 Å². The number of benzene rings is 2. The average Bonchev–Trinajstić information content (AvgIpc) is 2.86. The molecule has 0 bridgehead atoms. The van der Waals surface area contributed by atoms with Crippen LogP contribution in [0.3, 0.4) is 0 Å². The molecule has 0 heterocycles. The fourth-order valence-corrected chi connectivity index (χ4v) is 5.43. The maximum atomic E-state index is 13.5. The lowest BCUT2D eigenvalue weighted by Gasteiger charge is -2.32. The van der Waals surface area contributed by atoms with Gasteiger partial charge in [-0.2, -0.15) is 0 Å². The molecular formula is C27H37Cl2N3O5S. The van der Waals surface area contributed by atoms with Crippen LogP contribution in [0.15, 0.2) is 42.5 Å². The number of methoxy groups -OCH3 is 1. The lowest BCUT2D eigenvalue weighted by atomic mass is 10.1. The summed E-state index contributed by atoms with van der Waals surface area (Å²) in [4.78, 5) is 28.1. The largest absolute Gasteiger partial charge is 0.497 e. The molecular weight excluding hydrogens is 549 g/mol. The number of sulfonamides is 1. The second-order valence-electron chi connectivity index (χ2n) is 9.42. The zero-order chi connectivity index (χ0) is 28.5. The first-order valence-electron chi connectivity index (χ1n) is 12.5. The molecule has 2 aromatic carbocycles. The molecule has 1 unspecified atom stereocenters. The Morgan fingerprint density at radius 1 is 1.05 bits per heavy atom. The molecule has 210 valence electrons. The van der Waals surface area contributed by atoms with E-state index in [1.807, 2.05) is 20.8 Å². The third-order valence-corrected chi connectivity index (χ3v) is 7.88. The molecule has 0 aliphatic rings. The van der Waals surface area contributed by atoms with Crippen molar-refractivity contribution in [3.8, 4) is 5.75 Å². The van der Waals surface area contributed by atoms with Gasteiger partial charge in [0.05, 0.1) is 19.1 Å². The van der Waals surface area contributed by atoms with E-state index in [0.29, 0.717) is 40.0 Å². The van der Waals surface area contributed by atoms with E-state index in [4.69, 9.17) is 27.9 Å². The molecule has 0 fully saturated rings. The molecule has 0 saturated heterocycles. The van der Waals surface area contributed by atoms with Crippen LogP contribution in [0.25, 0.3) is 0 Å². The number of anilines is 1. The Bertz CT molecular complexity index is 1170. The van der Waals surface area contributed by atoms with Crippen molar-refractivity contribution in [2.24, 2.45) is 5.92 Å². The fourth-order valence-electron chi connectivity index (χ4n) is 3.95. The number of hydrogen-bond acceptors (Lipinski definition) is 5. The van der Waals surface area contributed by atoms with E-state index in [2.05, 4.69) is 5.32 Å². The van der Waals surface area contributed by atoms with E-state index < -0.39 is 16.1 Å². The van der Waals surface area contributed by atoms with E-state index >= 15 is 0 Å². The molecule has 0 aromatic heterocycles.